The van der Waals surface area contributed by atoms with Gasteiger partial charge in [-0.2, -0.15) is 0 Å². The van der Waals surface area contributed by atoms with Gasteiger partial charge in [-0.1, -0.05) is 0 Å². The molecule has 0 unspecified atom stereocenters. The summed E-state index contributed by atoms with van der Waals surface area (Å²) >= 11 is 8.26. The van der Waals surface area contributed by atoms with E-state index in [1.807, 2.05) is 43.3 Å². The summed E-state index contributed by atoms with van der Waals surface area (Å²) in [5.41, 5.74) is 1.52. The first kappa shape index (κ1) is 25.3. The monoisotopic (exact) mass is 596 g/mol. The number of nitrogens with zero attached hydrogens (tertiary/aromatic N) is 2. The highest BCUT2D eigenvalue weighted by Crippen LogP contribution is 2.38. The molecule has 0 N–H and O–H groups in total. The number of methoxy groups -OCH3 is 1. The SMILES string of the molecule is CCOC(=O)COc1c(Br)cc(/C=C2/SC(=Nc3ccc(OC)cc3)N(CC)C2=O)cc1Br. The van der Waals surface area contributed by atoms with Crippen LogP contribution in [0.3, 0.4) is 0 Å². The Morgan fingerprint density at radius 3 is 2.39 bits per heavy atom. The number of halogens is 2. The zero-order valence-corrected chi connectivity index (χ0v) is 22.3. The molecule has 10 heteroatoms. The van der Waals surface area contributed by atoms with Gasteiger partial charge in [0.05, 0.1) is 33.3 Å². The molecule has 0 aromatic heterocycles. The van der Waals surface area contributed by atoms with E-state index < -0.39 is 5.97 Å². The Morgan fingerprint density at radius 1 is 1.15 bits per heavy atom. The molecule has 1 aliphatic heterocycles. The average molecular weight is 598 g/mol. The number of benzene rings is 2. The summed E-state index contributed by atoms with van der Waals surface area (Å²) in [6.07, 6.45) is 1.80. The molecule has 0 atom stereocenters. The van der Waals surface area contributed by atoms with Gasteiger partial charge in [0.2, 0.25) is 0 Å². The zero-order chi connectivity index (χ0) is 24.0. The van der Waals surface area contributed by atoms with Gasteiger partial charge in [-0.3, -0.25) is 9.69 Å². The second-order valence-corrected chi connectivity index (χ2v) is 9.38. The van der Waals surface area contributed by atoms with Crippen molar-refractivity contribution in [2.45, 2.75) is 13.8 Å². The van der Waals surface area contributed by atoms with Gasteiger partial charge in [0.1, 0.15) is 11.5 Å². The van der Waals surface area contributed by atoms with Crippen molar-refractivity contribution in [3.63, 3.8) is 0 Å². The van der Waals surface area contributed by atoms with Crippen LogP contribution in [0, 0.1) is 0 Å². The third-order valence-corrected chi connectivity index (χ3v) is 6.64. The van der Waals surface area contributed by atoms with Crippen molar-refractivity contribution in [2.75, 3.05) is 26.9 Å². The summed E-state index contributed by atoms with van der Waals surface area (Å²) in [7, 11) is 1.61. The number of ether oxygens (including phenoxy) is 3. The standard InChI is InChI=1S/C23H22Br2N2O5S/c1-4-27-22(29)19(33-23(27)26-15-6-8-16(30-3)9-7-15)12-14-10-17(24)21(18(25)11-14)32-13-20(28)31-5-2/h6-12H,4-5,13H2,1-3H3/b19-12+,26-23?. The van der Waals surface area contributed by atoms with Gasteiger partial charge in [-0.25, -0.2) is 9.79 Å². The number of aliphatic imine (C=N–C) groups is 1. The van der Waals surface area contributed by atoms with Crippen LogP contribution in [0.4, 0.5) is 5.69 Å². The second-order valence-electron chi connectivity index (χ2n) is 6.66. The van der Waals surface area contributed by atoms with E-state index in [1.54, 1.807) is 25.0 Å². The number of carbonyl (C=O) groups excluding carboxylic acids is 2. The van der Waals surface area contributed by atoms with Crippen LogP contribution in [-0.2, 0) is 14.3 Å². The number of esters is 1. The van der Waals surface area contributed by atoms with Crippen LogP contribution in [-0.4, -0.2) is 48.8 Å². The molecule has 1 saturated heterocycles. The molecular formula is C23H22Br2N2O5S. The third kappa shape index (κ3) is 6.39. The summed E-state index contributed by atoms with van der Waals surface area (Å²) < 4.78 is 16.9. The number of carbonyl (C=O) groups is 2. The third-order valence-electron chi connectivity index (χ3n) is 4.46. The van der Waals surface area contributed by atoms with E-state index in [9.17, 15) is 9.59 Å². The smallest absolute Gasteiger partial charge is 0.344 e. The van der Waals surface area contributed by atoms with Gasteiger partial charge in [-0.05, 0) is 106 Å². The number of amidine groups is 1. The Labute approximate surface area is 213 Å². The first-order valence-electron chi connectivity index (χ1n) is 10.1. The first-order valence-corrected chi connectivity index (χ1v) is 12.5. The van der Waals surface area contributed by atoms with Crippen molar-refractivity contribution >= 4 is 72.4 Å². The maximum Gasteiger partial charge on any atom is 0.344 e. The molecule has 2 aromatic rings. The number of rotatable bonds is 8. The molecule has 0 spiro atoms. The van der Waals surface area contributed by atoms with Gasteiger partial charge in [0, 0.05) is 6.54 Å². The normalized spacial score (nSPS) is 15.9. The van der Waals surface area contributed by atoms with Crippen LogP contribution >= 0.6 is 43.6 Å². The van der Waals surface area contributed by atoms with E-state index in [4.69, 9.17) is 14.2 Å². The van der Waals surface area contributed by atoms with Gasteiger partial charge in [0.25, 0.3) is 5.91 Å². The van der Waals surface area contributed by atoms with Crippen LogP contribution < -0.4 is 9.47 Å². The van der Waals surface area contributed by atoms with Crippen LogP contribution in [0.1, 0.15) is 19.4 Å². The van der Waals surface area contributed by atoms with E-state index >= 15 is 0 Å². The molecule has 0 aliphatic carbocycles. The van der Waals surface area contributed by atoms with Crippen molar-refractivity contribution in [1.29, 1.82) is 0 Å². The molecule has 2 aromatic carbocycles. The van der Waals surface area contributed by atoms with Crippen LogP contribution in [0.5, 0.6) is 11.5 Å². The Morgan fingerprint density at radius 2 is 1.82 bits per heavy atom. The van der Waals surface area contributed by atoms with E-state index in [0.717, 1.165) is 17.0 Å². The minimum Gasteiger partial charge on any atom is -0.497 e. The zero-order valence-electron chi connectivity index (χ0n) is 18.3. The van der Waals surface area contributed by atoms with Crippen LogP contribution in [0.15, 0.2) is 55.2 Å². The fourth-order valence-corrected chi connectivity index (χ4v) is 5.44. The lowest BCUT2D eigenvalue weighted by molar-refractivity contribution is -0.145. The van der Waals surface area contributed by atoms with Gasteiger partial charge < -0.3 is 14.2 Å². The number of thioether (sulfide) groups is 1. The quantitative estimate of drug-likeness (QED) is 0.283. The average Bonchev–Trinajstić information content (AvgIpc) is 3.07. The highest BCUT2D eigenvalue weighted by molar-refractivity contribution is 9.11. The molecule has 33 heavy (non-hydrogen) atoms. The Kier molecular flexibility index (Phi) is 8.99. The van der Waals surface area contributed by atoms with Crippen molar-refractivity contribution < 1.29 is 23.8 Å². The van der Waals surface area contributed by atoms with E-state index in [0.29, 0.717) is 37.9 Å². The van der Waals surface area contributed by atoms with Gasteiger partial charge in [0.15, 0.2) is 11.8 Å². The first-order chi connectivity index (χ1) is 15.9. The molecular weight excluding hydrogens is 576 g/mol. The summed E-state index contributed by atoms with van der Waals surface area (Å²) in [6, 6.07) is 11.0. The second kappa shape index (κ2) is 11.7. The minimum absolute atomic E-state index is 0.107. The van der Waals surface area contributed by atoms with Crippen molar-refractivity contribution in [1.82, 2.24) is 4.90 Å². The summed E-state index contributed by atoms with van der Waals surface area (Å²) in [5.74, 6) is 0.670. The van der Waals surface area contributed by atoms with Crippen LogP contribution in [0.2, 0.25) is 0 Å². The summed E-state index contributed by atoms with van der Waals surface area (Å²) in [5, 5.41) is 0.617. The molecule has 1 heterocycles. The fraction of sp³-hybridized carbons (Fsp3) is 0.261. The molecule has 1 fully saturated rings. The molecule has 174 valence electrons. The number of hydrogen-bond acceptors (Lipinski definition) is 7. The fourth-order valence-electron chi connectivity index (χ4n) is 2.92. The topological polar surface area (TPSA) is 77.4 Å². The number of hydrogen-bond donors (Lipinski definition) is 0. The summed E-state index contributed by atoms with van der Waals surface area (Å²) in [6.45, 7) is 4.25. The number of amides is 1. The predicted octanol–water partition coefficient (Wildman–Crippen LogP) is 5.79. The molecule has 0 bridgehead atoms. The molecule has 1 aliphatic rings. The highest BCUT2D eigenvalue weighted by Gasteiger charge is 2.32. The molecule has 0 radical (unpaired) electrons. The van der Waals surface area contributed by atoms with Crippen LogP contribution in [0.25, 0.3) is 6.08 Å². The number of likely N-dealkylation sites (N-methyl/N-ethyl adjacent to an activating group) is 1. The lowest BCUT2D eigenvalue weighted by atomic mass is 10.2. The van der Waals surface area contributed by atoms with Gasteiger partial charge in [-0.15, -0.1) is 0 Å². The Balaban J connectivity index is 1.82. The lowest BCUT2D eigenvalue weighted by Crippen LogP contribution is -2.28. The maximum atomic E-state index is 13.0. The van der Waals surface area contributed by atoms with Crippen molar-refractivity contribution in [3.8, 4) is 11.5 Å². The van der Waals surface area contributed by atoms with Crippen molar-refractivity contribution in [3.05, 3.63) is 55.8 Å². The van der Waals surface area contributed by atoms with E-state index in [-0.39, 0.29) is 12.5 Å². The van der Waals surface area contributed by atoms with E-state index in [2.05, 4.69) is 36.9 Å². The lowest BCUT2D eigenvalue weighted by Gasteiger charge is -2.12. The summed E-state index contributed by atoms with van der Waals surface area (Å²) in [4.78, 5) is 31.4. The van der Waals surface area contributed by atoms with E-state index in [1.165, 1.54) is 11.8 Å². The molecule has 1 amide bonds. The Bertz CT molecular complexity index is 1080. The molecule has 0 saturated carbocycles. The minimum atomic E-state index is -0.446. The predicted molar refractivity (Wildman–Crippen MR) is 137 cm³/mol. The molecule has 7 nitrogen and oxygen atoms in total. The Hall–Kier alpha value is -2.30. The van der Waals surface area contributed by atoms with Crippen molar-refractivity contribution in [2.24, 2.45) is 4.99 Å². The largest absolute Gasteiger partial charge is 0.497 e. The van der Waals surface area contributed by atoms with Gasteiger partial charge >= 0.3 is 5.97 Å². The highest BCUT2D eigenvalue weighted by atomic mass is 79.9. The molecule has 3 rings (SSSR count). The maximum absolute atomic E-state index is 13.0.